The van der Waals surface area contributed by atoms with Crippen LogP contribution in [0, 0.1) is 0 Å². The van der Waals surface area contributed by atoms with E-state index in [-0.39, 0.29) is 12.4 Å². The van der Waals surface area contributed by atoms with Crippen LogP contribution in [0.4, 0.5) is 0 Å². The Morgan fingerprint density at radius 2 is 2.08 bits per heavy atom. The average molecular weight is 194 g/mol. The molecule has 0 unspecified atom stereocenters. The maximum Gasteiger partial charge on any atom is 0.145 e. The van der Waals surface area contributed by atoms with E-state index in [4.69, 9.17) is 5.21 Å². The van der Waals surface area contributed by atoms with Gasteiger partial charge in [-0.3, -0.25) is 4.99 Å². The summed E-state index contributed by atoms with van der Waals surface area (Å²) in [6.07, 6.45) is 2.33. The molecule has 0 amide bonds. The summed E-state index contributed by atoms with van der Waals surface area (Å²) in [6, 6.07) is 0. The molecule has 0 bridgehead atoms. The van der Waals surface area contributed by atoms with Crippen molar-refractivity contribution in [1.29, 1.82) is 0 Å². The van der Waals surface area contributed by atoms with Gasteiger partial charge in [0.05, 0.1) is 0 Å². The lowest BCUT2D eigenvalue weighted by Gasteiger charge is -2.10. The summed E-state index contributed by atoms with van der Waals surface area (Å²) >= 11 is 0. The lowest BCUT2D eigenvalue weighted by molar-refractivity contribution is 0.322. The van der Waals surface area contributed by atoms with Gasteiger partial charge in [0.2, 0.25) is 0 Å². The molecule has 0 fully saturated rings. The SMILES string of the molecule is CCCN=C(C=NO)N(C)C.Cl. The highest BCUT2D eigenvalue weighted by atomic mass is 35.5. The van der Waals surface area contributed by atoms with E-state index in [2.05, 4.69) is 10.1 Å². The van der Waals surface area contributed by atoms with Gasteiger partial charge >= 0.3 is 0 Å². The molecule has 0 saturated carbocycles. The van der Waals surface area contributed by atoms with Crippen LogP contribution in [0.15, 0.2) is 10.1 Å². The minimum atomic E-state index is 0. The van der Waals surface area contributed by atoms with Crippen LogP contribution in [-0.4, -0.2) is 42.8 Å². The number of amidine groups is 1. The second kappa shape index (κ2) is 8.33. The molecule has 0 aromatic heterocycles. The highest BCUT2D eigenvalue weighted by Crippen LogP contribution is 1.84. The Bertz CT molecular complexity index is 157. The summed E-state index contributed by atoms with van der Waals surface area (Å²) < 4.78 is 0. The van der Waals surface area contributed by atoms with Crippen molar-refractivity contribution in [2.24, 2.45) is 10.1 Å². The monoisotopic (exact) mass is 193 g/mol. The van der Waals surface area contributed by atoms with Gasteiger partial charge in [-0.15, -0.1) is 12.4 Å². The van der Waals surface area contributed by atoms with Crippen LogP contribution in [-0.2, 0) is 0 Å². The number of hydrogen-bond acceptors (Lipinski definition) is 3. The molecule has 0 aliphatic rings. The van der Waals surface area contributed by atoms with E-state index in [1.54, 1.807) is 4.90 Å². The standard InChI is InChI=1S/C7H15N3O.ClH/c1-4-5-8-7(6-9-11)10(2)3;/h6,11H,4-5H2,1-3H3;1H. The normalized spacial score (nSPS) is 11.4. The minimum absolute atomic E-state index is 0. The zero-order chi connectivity index (χ0) is 8.69. The predicted octanol–water partition coefficient (Wildman–Crippen LogP) is 1.24. The molecule has 0 aliphatic carbocycles. The molecule has 0 aromatic rings. The van der Waals surface area contributed by atoms with Crippen molar-refractivity contribution in [2.45, 2.75) is 13.3 Å². The topological polar surface area (TPSA) is 48.2 Å². The first-order valence-corrected chi connectivity index (χ1v) is 3.61. The summed E-state index contributed by atoms with van der Waals surface area (Å²) in [5.41, 5.74) is 0. The second-order valence-corrected chi connectivity index (χ2v) is 2.38. The van der Waals surface area contributed by atoms with Crippen LogP contribution in [0.2, 0.25) is 0 Å². The molecule has 0 heterocycles. The quantitative estimate of drug-likeness (QED) is 0.317. The van der Waals surface area contributed by atoms with E-state index in [1.807, 2.05) is 21.0 Å². The number of nitrogens with zero attached hydrogens (tertiary/aromatic N) is 3. The molecule has 0 rings (SSSR count). The van der Waals surface area contributed by atoms with Crippen molar-refractivity contribution < 1.29 is 5.21 Å². The zero-order valence-electron chi connectivity index (χ0n) is 7.69. The zero-order valence-corrected chi connectivity index (χ0v) is 8.51. The van der Waals surface area contributed by atoms with Crippen molar-refractivity contribution in [3.63, 3.8) is 0 Å². The predicted molar refractivity (Wildman–Crippen MR) is 53.8 cm³/mol. The van der Waals surface area contributed by atoms with E-state index < -0.39 is 0 Å². The van der Waals surface area contributed by atoms with Gasteiger partial charge in [-0.2, -0.15) is 0 Å². The maximum absolute atomic E-state index is 8.25. The molecular weight excluding hydrogens is 178 g/mol. The van der Waals surface area contributed by atoms with Crippen LogP contribution in [0.25, 0.3) is 0 Å². The van der Waals surface area contributed by atoms with Crippen molar-refractivity contribution >= 4 is 24.5 Å². The third-order valence-electron chi connectivity index (χ3n) is 1.13. The molecule has 0 atom stereocenters. The Hall–Kier alpha value is -0.770. The molecule has 1 N–H and O–H groups in total. The molecule has 0 radical (unpaired) electrons. The van der Waals surface area contributed by atoms with Crippen LogP contribution < -0.4 is 0 Å². The highest BCUT2D eigenvalue weighted by Gasteiger charge is 1.95. The van der Waals surface area contributed by atoms with Crippen molar-refractivity contribution in [2.75, 3.05) is 20.6 Å². The Labute approximate surface area is 79.4 Å². The van der Waals surface area contributed by atoms with Gasteiger partial charge in [0.1, 0.15) is 12.1 Å². The molecule has 12 heavy (non-hydrogen) atoms. The van der Waals surface area contributed by atoms with Gasteiger partial charge in [-0.05, 0) is 6.42 Å². The third kappa shape index (κ3) is 5.97. The van der Waals surface area contributed by atoms with E-state index in [0.29, 0.717) is 5.84 Å². The summed E-state index contributed by atoms with van der Waals surface area (Å²) in [5, 5.41) is 11.2. The van der Waals surface area contributed by atoms with Gasteiger partial charge in [-0.1, -0.05) is 12.1 Å². The van der Waals surface area contributed by atoms with Crippen LogP contribution >= 0.6 is 12.4 Å². The number of aliphatic imine (C=N–C) groups is 1. The van der Waals surface area contributed by atoms with E-state index in [9.17, 15) is 0 Å². The number of oxime groups is 1. The van der Waals surface area contributed by atoms with Crippen molar-refractivity contribution in [1.82, 2.24) is 4.90 Å². The van der Waals surface area contributed by atoms with Crippen molar-refractivity contribution in [3.05, 3.63) is 0 Å². The van der Waals surface area contributed by atoms with Gasteiger partial charge in [0.15, 0.2) is 0 Å². The molecule has 72 valence electrons. The molecule has 0 aromatic carbocycles. The fourth-order valence-electron chi connectivity index (χ4n) is 0.576. The number of rotatable bonds is 3. The van der Waals surface area contributed by atoms with Gasteiger partial charge in [0.25, 0.3) is 0 Å². The fourth-order valence-corrected chi connectivity index (χ4v) is 0.576. The molecule has 0 spiro atoms. The fraction of sp³-hybridized carbons (Fsp3) is 0.714. The van der Waals surface area contributed by atoms with E-state index in [1.165, 1.54) is 6.21 Å². The van der Waals surface area contributed by atoms with E-state index >= 15 is 0 Å². The summed E-state index contributed by atoms with van der Waals surface area (Å²) in [7, 11) is 3.71. The number of hydrogen-bond donors (Lipinski definition) is 1. The van der Waals surface area contributed by atoms with Gasteiger partial charge < -0.3 is 10.1 Å². The maximum atomic E-state index is 8.25. The Balaban J connectivity index is 0. The highest BCUT2D eigenvalue weighted by molar-refractivity contribution is 6.28. The molecule has 5 heteroatoms. The average Bonchev–Trinajstić information content (AvgIpc) is 1.97. The van der Waals surface area contributed by atoms with Gasteiger partial charge in [0, 0.05) is 20.6 Å². The third-order valence-corrected chi connectivity index (χ3v) is 1.13. The first-order chi connectivity index (χ1) is 5.22. The summed E-state index contributed by atoms with van der Waals surface area (Å²) in [6.45, 7) is 2.81. The summed E-state index contributed by atoms with van der Waals surface area (Å²) in [5.74, 6) is 0.689. The lowest BCUT2D eigenvalue weighted by atomic mass is 10.5. The van der Waals surface area contributed by atoms with Crippen LogP contribution in [0.1, 0.15) is 13.3 Å². The second-order valence-electron chi connectivity index (χ2n) is 2.38. The molecule has 4 nitrogen and oxygen atoms in total. The lowest BCUT2D eigenvalue weighted by Crippen LogP contribution is -2.23. The largest absolute Gasteiger partial charge is 0.411 e. The Kier molecular flexibility index (Phi) is 9.57. The van der Waals surface area contributed by atoms with Gasteiger partial charge in [-0.25, -0.2) is 0 Å². The number of halogens is 1. The van der Waals surface area contributed by atoms with Crippen LogP contribution in [0.3, 0.4) is 0 Å². The first kappa shape index (κ1) is 13.8. The molecule has 0 saturated heterocycles. The smallest absolute Gasteiger partial charge is 0.145 e. The Morgan fingerprint density at radius 1 is 1.50 bits per heavy atom. The van der Waals surface area contributed by atoms with E-state index in [0.717, 1.165) is 13.0 Å². The first-order valence-electron chi connectivity index (χ1n) is 3.61. The molecule has 0 aliphatic heterocycles. The van der Waals surface area contributed by atoms with Crippen LogP contribution in [0.5, 0.6) is 0 Å². The minimum Gasteiger partial charge on any atom is -0.411 e. The Morgan fingerprint density at radius 3 is 2.42 bits per heavy atom. The summed E-state index contributed by atoms with van der Waals surface area (Å²) in [4.78, 5) is 5.97. The molecular formula is C7H16ClN3O. The van der Waals surface area contributed by atoms with Crippen molar-refractivity contribution in [3.8, 4) is 0 Å².